The summed E-state index contributed by atoms with van der Waals surface area (Å²) >= 11 is 0. The number of para-hydroxylation sites is 1. The van der Waals surface area contributed by atoms with Gasteiger partial charge in [-0.1, -0.05) is 362 Å². The van der Waals surface area contributed by atoms with Gasteiger partial charge in [-0.15, -0.1) is 0 Å². The number of carbonyl (C=O) groups is 4. The van der Waals surface area contributed by atoms with Crippen LogP contribution in [-0.4, -0.2) is 105 Å². The van der Waals surface area contributed by atoms with Crippen molar-refractivity contribution in [1.29, 1.82) is 0 Å². The Labute approximate surface area is 648 Å². The van der Waals surface area contributed by atoms with Crippen molar-refractivity contribution in [3.8, 4) is 0 Å². The van der Waals surface area contributed by atoms with Crippen molar-refractivity contribution >= 4 is 50.9 Å². The van der Waals surface area contributed by atoms with Gasteiger partial charge in [0.15, 0.2) is 0 Å². The average molecular weight is 1460 g/mol. The Morgan fingerprint density at radius 1 is 0.385 bits per heavy atom. The molecule has 6 aromatic rings. The number of allylic oxidation sites excluding steroid dienone is 2. The summed E-state index contributed by atoms with van der Waals surface area (Å²) in [4.78, 5) is 54.8. The van der Waals surface area contributed by atoms with Gasteiger partial charge in [0.1, 0.15) is 12.4 Å². The number of fused-ring (bicyclic) bond motifs is 1. The summed E-state index contributed by atoms with van der Waals surface area (Å²) in [5, 5.41) is 5.35. The summed E-state index contributed by atoms with van der Waals surface area (Å²) < 4.78 is 0. The number of hydrogen-bond acceptors (Lipinski definition) is 9. The van der Waals surface area contributed by atoms with Crippen molar-refractivity contribution in [3.05, 3.63) is 173 Å². The van der Waals surface area contributed by atoms with Crippen LogP contribution >= 0.6 is 0 Å². The molecule has 2 heterocycles. The van der Waals surface area contributed by atoms with Crippen molar-refractivity contribution in [2.45, 2.75) is 305 Å². The Balaban J connectivity index is -0.0000000909. The lowest BCUT2D eigenvalue weighted by molar-refractivity contribution is -0.570. The number of amides is 4. The first-order valence-corrected chi connectivity index (χ1v) is 41.2. The zero-order valence-electron chi connectivity index (χ0n) is 75.2. The molecular formula is C92H175N8O4+. The molecular weight excluding hydrogens is 1280 g/mol. The van der Waals surface area contributed by atoms with Crippen LogP contribution in [-0.2, 0) is 12.8 Å². The third-order valence-corrected chi connectivity index (χ3v) is 12.8. The maximum absolute atomic E-state index is 12.1. The molecule has 3 aliphatic rings. The fourth-order valence-electron chi connectivity index (χ4n) is 7.35. The van der Waals surface area contributed by atoms with E-state index in [0.717, 1.165) is 33.0 Å². The van der Waals surface area contributed by atoms with Crippen LogP contribution in [0.5, 0.6) is 0 Å². The number of nitrogens with zero attached hydrogens (tertiary/aromatic N) is 4. The molecule has 0 aromatic heterocycles. The van der Waals surface area contributed by atoms with Gasteiger partial charge in [-0.3, -0.25) is 39.6 Å². The van der Waals surface area contributed by atoms with E-state index in [1.54, 1.807) is 35.4 Å². The molecule has 0 atom stereocenters. The van der Waals surface area contributed by atoms with Crippen LogP contribution in [0.15, 0.2) is 140 Å². The maximum Gasteiger partial charge on any atom is 0.262 e. The van der Waals surface area contributed by atoms with Gasteiger partial charge in [-0.2, -0.15) is 0 Å². The summed E-state index contributed by atoms with van der Waals surface area (Å²) in [7, 11) is 7.97. The van der Waals surface area contributed by atoms with Gasteiger partial charge >= 0.3 is 0 Å². The molecule has 0 spiro atoms. The second kappa shape index (κ2) is 103. The maximum atomic E-state index is 12.1. The summed E-state index contributed by atoms with van der Waals surface area (Å²) in [5.41, 5.74) is 22.5. The lowest BCUT2D eigenvalue weighted by Crippen LogP contribution is -2.80. The molecule has 12 heteroatoms. The van der Waals surface area contributed by atoms with E-state index in [2.05, 4.69) is 132 Å². The molecule has 104 heavy (non-hydrogen) atoms. The van der Waals surface area contributed by atoms with Crippen LogP contribution in [0.3, 0.4) is 0 Å². The Hall–Kier alpha value is -6.38. The van der Waals surface area contributed by atoms with E-state index < -0.39 is 0 Å². The number of benzene rings is 6. The van der Waals surface area contributed by atoms with Crippen molar-refractivity contribution < 1.29 is 24.5 Å². The van der Waals surface area contributed by atoms with Crippen LogP contribution in [0.2, 0.25) is 0 Å². The topological polar surface area (TPSA) is 176 Å². The summed E-state index contributed by atoms with van der Waals surface area (Å²) in [6.07, 6.45) is 21.3. The predicted molar refractivity (Wildman–Crippen MR) is 477 cm³/mol. The van der Waals surface area contributed by atoms with Gasteiger partial charge < -0.3 is 21.7 Å². The highest BCUT2D eigenvalue weighted by Crippen LogP contribution is 2.31. The smallest absolute Gasteiger partial charge is 0.262 e. The highest BCUT2D eigenvalue weighted by atomic mass is 16.2. The highest BCUT2D eigenvalue weighted by molar-refractivity contribution is 6.26. The minimum Gasteiger partial charge on any atom is -0.318 e. The minimum atomic E-state index is -0.318. The molecule has 0 saturated heterocycles. The number of rotatable bonds is 11. The van der Waals surface area contributed by atoms with E-state index >= 15 is 0 Å². The predicted octanol–water partition coefficient (Wildman–Crippen LogP) is 25.7. The van der Waals surface area contributed by atoms with E-state index in [4.69, 9.17) is 17.2 Å². The first-order valence-electron chi connectivity index (χ1n) is 41.2. The molecule has 0 fully saturated rings. The van der Waals surface area contributed by atoms with Crippen LogP contribution in [0.25, 0.3) is 21.5 Å². The SMILES string of the molecule is CC.CC.CC.CC.CC.CC.CC.CC.CC.CC.CC=CCCC.CCC.CCCC.CCCC.CCCC.CCN(C)C.CCN1C(=O)c2cccc3cccc(c23)C1=O.CN(C)CN.NCN1C(=O)c2cccc3cccc(c23)C1=O.NC[NH2+]c1ccccc1.c1ccc2c(c1)CCCC2. The number of unbranched alkanes of at least 4 members (excludes halogenated alkanes) is 4. The van der Waals surface area contributed by atoms with E-state index in [9.17, 15) is 19.2 Å². The Kier molecular flexibility index (Phi) is 123. The van der Waals surface area contributed by atoms with Crippen molar-refractivity contribution in [2.75, 3.05) is 61.3 Å². The van der Waals surface area contributed by atoms with Gasteiger partial charge in [0.25, 0.3) is 23.6 Å². The third-order valence-electron chi connectivity index (χ3n) is 12.8. The number of aryl methyl sites for hydroxylation is 2. The molecule has 8 N–H and O–H groups in total. The van der Waals surface area contributed by atoms with E-state index in [0.29, 0.717) is 42.1 Å². The molecule has 0 bridgehead atoms. The Bertz CT molecular complexity index is 2430. The highest BCUT2D eigenvalue weighted by Gasteiger charge is 2.32. The zero-order chi connectivity index (χ0) is 83.7. The fraction of sp³-hybridized carbons (Fsp3) is 0.587. The summed E-state index contributed by atoms with van der Waals surface area (Å²) in [6.45, 7) is 68.2. The second-order valence-corrected chi connectivity index (χ2v) is 20.5. The number of carbonyl (C=O) groups excluding carboxylic acids is 4. The Morgan fingerprint density at radius 3 is 0.856 bits per heavy atom. The summed E-state index contributed by atoms with van der Waals surface area (Å²) in [5.74, 6) is -1.02. The molecule has 12 nitrogen and oxygen atoms in total. The number of nitrogens with two attached hydrogens (primary N) is 4. The molecule has 606 valence electrons. The second-order valence-electron chi connectivity index (χ2n) is 20.5. The van der Waals surface area contributed by atoms with Crippen LogP contribution < -0.4 is 22.5 Å². The number of quaternary nitrogens is 1. The van der Waals surface area contributed by atoms with Crippen LogP contribution in [0.4, 0.5) is 5.69 Å². The monoisotopic (exact) mass is 1460 g/mol. The molecule has 1 aliphatic carbocycles. The van der Waals surface area contributed by atoms with E-state index in [1.807, 2.05) is 249 Å². The van der Waals surface area contributed by atoms with Gasteiger partial charge in [0.05, 0.1) is 6.67 Å². The normalized spacial score (nSPS) is 10.3. The third kappa shape index (κ3) is 62.9. The van der Waals surface area contributed by atoms with Crippen LogP contribution in [0.1, 0.15) is 345 Å². The van der Waals surface area contributed by atoms with Crippen molar-refractivity contribution in [3.63, 3.8) is 0 Å². The van der Waals surface area contributed by atoms with E-state index in [1.165, 1.54) is 94.1 Å². The molecule has 0 radical (unpaired) electrons. The molecule has 9 rings (SSSR count). The van der Waals surface area contributed by atoms with Crippen LogP contribution in [0, 0.1) is 0 Å². The van der Waals surface area contributed by atoms with Gasteiger partial charge in [0, 0.05) is 46.2 Å². The average Bonchev–Trinajstić information content (AvgIpc) is 0.762. The Morgan fingerprint density at radius 2 is 0.654 bits per heavy atom. The fourth-order valence-corrected chi connectivity index (χ4v) is 7.35. The van der Waals surface area contributed by atoms with E-state index in [-0.39, 0.29) is 30.3 Å². The molecule has 6 aromatic carbocycles. The molecule has 0 saturated carbocycles. The van der Waals surface area contributed by atoms with Crippen molar-refractivity contribution in [2.24, 2.45) is 17.2 Å². The zero-order valence-corrected chi connectivity index (χ0v) is 75.2. The number of hydrogen-bond donors (Lipinski definition) is 4. The van der Waals surface area contributed by atoms with Gasteiger partial charge in [0.2, 0.25) is 0 Å². The first kappa shape index (κ1) is 124. The molecule has 0 unspecified atom stereocenters. The minimum absolute atomic E-state index is 0.0949. The quantitative estimate of drug-likeness (QED) is 0.0426. The molecule has 2 aliphatic heterocycles. The lowest BCUT2D eigenvalue weighted by Gasteiger charge is -2.25. The van der Waals surface area contributed by atoms with Crippen molar-refractivity contribution in [1.82, 2.24) is 19.6 Å². The van der Waals surface area contributed by atoms with Gasteiger partial charge in [-0.25, -0.2) is 0 Å². The first-order chi connectivity index (χ1) is 50.5. The summed E-state index contributed by atoms with van der Waals surface area (Å²) in [6, 6.07) is 40.8. The molecule has 4 amide bonds. The number of imide groups is 2. The standard InChI is InChI=1S/C14H11NO2.C13H10N2O2.C10H12.C7H10N2.C6H12.C4H11N.3C4H10.C3H10N2.C3H8.10C2H6/c1-2-15-13(16)10-7-3-5-9-6-4-8-11(12(9)10)14(15)17;14-7-15-12(16)9-5-1-3-8-4-2-6-10(11(8)9)13(15)17;1-2-6-10-8-4-3-7-9(10)5-1;8-6-9-7-4-2-1-3-5-7;1-3-5-6-4-2;1-4-5(2)3;3*1-3-4-2;1-5(2)3-4;1-3-2;10*1-2/h3-8H,2H2,1H3;1-6H,7,14H2;1-2,5-6H,3-4,7-8H2;1-5,9H,6,8H2;3,5H,4,6H2,1-2H3;4H2,1-3H3;3*3-4H2,1-2H3;3-4H2,1-2H3;3H2,1-2H3;10*1-2H3/p+1. The lowest BCUT2D eigenvalue weighted by atomic mass is 9.92. The largest absolute Gasteiger partial charge is 0.318 e. The van der Waals surface area contributed by atoms with Gasteiger partial charge in [-0.05, 0) is 139 Å².